The lowest BCUT2D eigenvalue weighted by molar-refractivity contribution is 0.255. The number of hydrogen-bond acceptors (Lipinski definition) is 3. The number of guanidine groups is 1. The molecule has 2 unspecified atom stereocenters. The summed E-state index contributed by atoms with van der Waals surface area (Å²) in [6.45, 7) is 8.08. The summed E-state index contributed by atoms with van der Waals surface area (Å²) in [5.41, 5.74) is 0.955. The monoisotopic (exact) mass is 333 g/mol. The Balaban J connectivity index is 2.01. The molecule has 24 heavy (non-hydrogen) atoms. The molecule has 1 aromatic rings. The van der Waals surface area contributed by atoms with Gasteiger partial charge in [-0.05, 0) is 55.7 Å². The van der Waals surface area contributed by atoms with Gasteiger partial charge in [-0.1, -0.05) is 19.9 Å². The highest BCUT2D eigenvalue weighted by Crippen LogP contribution is 2.28. The first kappa shape index (κ1) is 18.4. The summed E-state index contributed by atoms with van der Waals surface area (Å²) in [5, 5.41) is 16.8. The SMILES string of the molecule is CCNC(=NCc1ccc(OC)c(O)c1)NC1CC(C)CC(C)C1. The van der Waals surface area contributed by atoms with Crippen LogP contribution in [-0.4, -0.2) is 30.8 Å². The molecule has 1 fully saturated rings. The molecule has 1 aromatic carbocycles. The molecule has 0 heterocycles. The molecule has 134 valence electrons. The van der Waals surface area contributed by atoms with Crippen LogP contribution in [0.1, 0.15) is 45.6 Å². The largest absolute Gasteiger partial charge is 0.504 e. The summed E-state index contributed by atoms with van der Waals surface area (Å²) in [7, 11) is 1.55. The van der Waals surface area contributed by atoms with Crippen molar-refractivity contribution >= 4 is 5.96 Å². The second-order valence-corrected chi connectivity index (χ2v) is 6.96. The molecule has 1 aliphatic carbocycles. The molecule has 0 radical (unpaired) electrons. The van der Waals surface area contributed by atoms with Crippen LogP contribution in [0.15, 0.2) is 23.2 Å². The van der Waals surface area contributed by atoms with Gasteiger partial charge in [-0.15, -0.1) is 0 Å². The van der Waals surface area contributed by atoms with E-state index in [1.165, 1.54) is 19.3 Å². The van der Waals surface area contributed by atoms with Crippen LogP contribution in [0.4, 0.5) is 0 Å². The number of aliphatic imine (C=N–C) groups is 1. The fraction of sp³-hybridized carbons (Fsp3) is 0.632. The second kappa shape index (κ2) is 8.81. The lowest BCUT2D eigenvalue weighted by Crippen LogP contribution is -2.46. The summed E-state index contributed by atoms with van der Waals surface area (Å²) in [6.07, 6.45) is 3.70. The van der Waals surface area contributed by atoms with Crippen LogP contribution < -0.4 is 15.4 Å². The van der Waals surface area contributed by atoms with E-state index in [2.05, 4.69) is 36.4 Å². The van der Waals surface area contributed by atoms with E-state index in [1.54, 1.807) is 19.2 Å². The van der Waals surface area contributed by atoms with Gasteiger partial charge in [0.15, 0.2) is 17.5 Å². The van der Waals surface area contributed by atoms with Crippen molar-refractivity contribution in [1.29, 1.82) is 0 Å². The normalized spacial score (nSPS) is 24.5. The number of nitrogens with zero attached hydrogens (tertiary/aromatic N) is 1. The molecule has 0 bridgehead atoms. The number of ether oxygens (including phenoxy) is 1. The van der Waals surface area contributed by atoms with Crippen LogP contribution in [0.25, 0.3) is 0 Å². The quantitative estimate of drug-likeness (QED) is 0.571. The van der Waals surface area contributed by atoms with Gasteiger partial charge in [0, 0.05) is 12.6 Å². The Kier molecular flexibility index (Phi) is 6.76. The third kappa shape index (κ3) is 5.32. The van der Waals surface area contributed by atoms with Gasteiger partial charge in [0.2, 0.25) is 0 Å². The number of phenols is 1. The standard InChI is InChI=1S/C19H31N3O2/c1-5-20-19(22-16-9-13(2)8-14(3)10-16)21-12-15-6-7-18(24-4)17(23)11-15/h6-7,11,13-14,16,23H,5,8-10,12H2,1-4H3,(H2,20,21,22). The number of methoxy groups -OCH3 is 1. The van der Waals surface area contributed by atoms with E-state index in [4.69, 9.17) is 4.74 Å². The zero-order chi connectivity index (χ0) is 17.5. The Morgan fingerprint density at radius 3 is 2.54 bits per heavy atom. The predicted octanol–water partition coefficient (Wildman–Crippen LogP) is 3.28. The van der Waals surface area contributed by atoms with Crippen LogP contribution in [-0.2, 0) is 6.54 Å². The minimum Gasteiger partial charge on any atom is -0.504 e. The lowest BCUT2D eigenvalue weighted by Gasteiger charge is -2.32. The molecule has 2 atom stereocenters. The van der Waals surface area contributed by atoms with Crippen molar-refractivity contribution in [2.75, 3.05) is 13.7 Å². The van der Waals surface area contributed by atoms with E-state index in [1.807, 2.05) is 6.07 Å². The average molecular weight is 333 g/mol. The number of rotatable bonds is 5. The van der Waals surface area contributed by atoms with Crippen molar-refractivity contribution in [3.05, 3.63) is 23.8 Å². The summed E-state index contributed by atoms with van der Waals surface area (Å²) in [4.78, 5) is 4.67. The van der Waals surface area contributed by atoms with Gasteiger partial charge >= 0.3 is 0 Å². The van der Waals surface area contributed by atoms with Gasteiger partial charge in [0.25, 0.3) is 0 Å². The van der Waals surface area contributed by atoms with Crippen LogP contribution in [0.2, 0.25) is 0 Å². The van der Waals surface area contributed by atoms with Gasteiger partial charge in [-0.3, -0.25) is 0 Å². The van der Waals surface area contributed by atoms with Crippen molar-refractivity contribution in [1.82, 2.24) is 10.6 Å². The molecule has 1 aliphatic rings. The first-order valence-electron chi connectivity index (χ1n) is 8.92. The van der Waals surface area contributed by atoms with Crippen LogP contribution in [0.5, 0.6) is 11.5 Å². The highest BCUT2D eigenvalue weighted by molar-refractivity contribution is 5.80. The van der Waals surface area contributed by atoms with Crippen molar-refractivity contribution < 1.29 is 9.84 Å². The molecular formula is C19H31N3O2. The zero-order valence-electron chi connectivity index (χ0n) is 15.3. The Labute approximate surface area is 145 Å². The van der Waals surface area contributed by atoms with Crippen LogP contribution >= 0.6 is 0 Å². The average Bonchev–Trinajstić information content (AvgIpc) is 2.52. The maximum atomic E-state index is 9.87. The van der Waals surface area contributed by atoms with E-state index in [9.17, 15) is 5.11 Å². The highest BCUT2D eigenvalue weighted by atomic mass is 16.5. The molecule has 0 saturated heterocycles. The van der Waals surface area contributed by atoms with E-state index >= 15 is 0 Å². The van der Waals surface area contributed by atoms with Gasteiger partial charge in [0.05, 0.1) is 13.7 Å². The molecule has 0 aliphatic heterocycles. The Bertz CT molecular complexity index is 550. The molecule has 0 amide bonds. The zero-order valence-corrected chi connectivity index (χ0v) is 15.3. The fourth-order valence-electron chi connectivity index (χ4n) is 3.58. The van der Waals surface area contributed by atoms with Crippen molar-refractivity contribution in [3.63, 3.8) is 0 Å². The maximum absolute atomic E-state index is 9.87. The summed E-state index contributed by atoms with van der Waals surface area (Å²) in [6, 6.07) is 5.88. The van der Waals surface area contributed by atoms with E-state index in [0.717, 1.165) is 29.9 Å². The molecular weight excluding hydrogens is 302 g/mol. The Morgan fingerprint density at radius 2 is 1.96 bits per heavy atom. The van der Waals surface area contributed by atoms with Crippen molar-refractivity contribution in [2.24, 2.45) is 16.8 Å². The second-order valence-electron chi connectivity index (χ2n) is 6.96. The van der Waals surface area contributed by atoms with Gasteiger partial charge in [-0.25, -0.2) is 4.99 Å². The van der Waals surface area contributed by atoms with Crippen molar-refractivity contribution in [3.8, 4) is 11.5 Å². The molecule has 0 aromatic heterocycles. The predicted molar refractivity (Wildman–Crippen MR) is 98.6 cm³/mol. The van der Waals surface area contributed by atoms with E-state index in [0.29, 0.717) is 18.3 Å². The molecule has 2 rings (SSSR count). The lowest BCUT2D eigenvalue weighted by atomic mass is 9.80. The number of nitrogens with one attached hydrogen (secondary N) is 2. The Hall–Kier alpha value is -1.91. The van der Waals surface area contributed by atoms with Gasteiger partial charge in [-0.2, -0.15) is 0 Å². The maximum Gasteiger partial charge on any atom is 0.191 e. The van der Waals surface area contributed by atoms with Crippen LogP contribution in [0.3, 0.4) is 0 Å². The smallest absolute Gasteiger partial charge is 0.191 e. The minimum atomic E-state index is 0.151. The van der Waals surface area contributed by atoms with E-state index in [-0.39, 0.29) is 5.75 Å². The minimum absolute atomic E-state index is 0.151. The number of benzene rings is 1. The van der Waals surface area contributed by atoms with Gasteiger partial charge < -0.3 is 20.5 Å². The van der Waals surface area contributed by atoms with Gasteiger partial charge in [0.1, 0.15) is 0 Å². The summed E-state index contributed by atoms with van der Waals surface area (Å²) in [5.74, 6) is 3.00. The number of phenolic OH excluding ortho intramolecular Hbond substituents is 1. The topological polar surface area (TPSA) is 65.9 Å². The molecule has 5 heteroatoms. The number of hydrogen-bond donors (Lipinski definition) is 3. The fourth-order valence-corrected chi connectivity index (χ4v) is 3.58. The molecule has 3 N–H and O–H groups in total. The summed E-state index contributed by atoms with van der Waals surface area (Å²) >= 11 is 0. The highest BCUT2D eigenvalue weighted by Gasteiger charge is 2.24. The first-order chi connectivity index (χ1) is 11.5. The third-order valence-electron chi connectivity index (χ3n) is 4.53. The molecule has 1 saturated carbocycles. The third-order valence-corrected chi connectivity index (χ3v) is 4.53. The van der Waals surface area contributed by atoms with E-state index < -0.39 is 0 Å². The molecule has 5 nitrogen and oxygen atoms in total. The van der Waals surface area contributed by atoms with Crippen LogP contribution in [0, 0.1) is 11.8 Å². The summed E-state index contributed by atoms with van der Waals surface area (Å²) < 4.78 is 5.07. The molecule has 0 spiro atoms. The number of aromatic hydroxyl groups is 1. The van der Waals surface area contributed by atoms with Crippen molar-refractivity contribution in [2.45, 2.75) is 52.6 Å². The Morgan fingerprint density at radius 1 is 1.25 bits per heavy atom. The first-order valence-corrected chi connectivity index (χ1v) is 8.92.